The number of hydrogen-bond acceptors (Lipinski definition) is 2. The lowest BCUT2D eigenvalue weighted by molar-refractivity contribution is 0.0249. The molecular formula is C19H23N3O. The third kappa shape index (κ3) is 2.46. The molecule has 1 amide bonds. The Balaban J connectivity index is 1.57. The van der Waals surface area contributed by atoms with E-state index in [1.165, 1.54) is 31.2 Å². The Morgan fingerprint density at radius 3 is 2.57 bits per heavy atom. The Kier molecular flexibility index (Phi) is 3.68. The molecule has 0 saturated heterocycles. The summed E-state index contributed by atoms with van der Waals surface area (Å²) in [7, 11) is 1.81. The molecular weight excluding hydrogens is 286 g/mol. The Labute approximate surface area is 136 Å². The molecule has 0 radical (unpaired) electrons. The number of fused-ring (bicyclic) bond motifs is 1. The topological polar surface area (TPSA) is 46.9 Å². The van der Waals surface area contributed by atoms with Gasteiger partial charge in [-0.2, -0.15) is 5.10 Å². The van der Waals surface area contributed by atoms with Crippen LogP contribution in [-0.2, 0) is 7.05 Å². The van der Waals surface area contributed by atoms with Crippen LogP contribution in [0.3, 0.4) is 0 Å². The summed E-state index contributed by atoms with van der Waals surface area (Å²) < 4.78 is 1.64. The Bertz CT molecular complexity index is 694. The highest BCUT2D eigenvalue weighted by Crippen LogP contribution is 2.54. The van der Waals surface area contributed by atoms with Crippen molar-refractivity contribution in [3.05, 3.63) is 53.9 Å². The van der Waals surface area contributed by atoms with Crippen LogP contribution in [0.4, 0.5) is 0 Å². The van der Waals surface area contributed by atoms with Crippen molar-refractivity contribution in [3.8, 4) is 0 Å². The fourth-order valence-corrected chi connectivity index (χ4v) is 4.62. The molecule has 0 bridgehead atoms. The first-order chi connectivity index (χ1) is 11.3. The van der Waals surface area contributed by atoms with E-state index in [9.17, 15) is 4.79 Å². The van der Waals surface area contributed by atoms with E-state index < -0.39 is 0 Å². The van der Waals surface area contributed by atoms with Crippen LogP contribution in [0.15, 0.2) is 42.6 Å². The molecule has 1 aromatic heterocycles. The van der Waals surface area contributed by atoms with Crippen molar-refractivity contribution in [1.29, 1.82) is 0 Å². The van der Waals surface area contributed by atoms with Crippen LogP contribution in [0.5, 0.6) is 0 Å². The van der Waals surface area contributed by atoms with E-state index >= 15 is 0 Å². The molecule has 0 aliphatic heterocycles. The lowest BCUT2D eigenvalue weighted by Gasteiger charge is -2.55. The molecule has 120 valence electrons. The fourth-order valence-electron chi connectivity index (χ4n) is 4.62. The van der Waals surface area contributed by atoms with Crippen LogP contribution >= 0.6 is 0 Å². The van der Waals surface area contributed by atoms with E-state index in [-0.39, 0.29) is 11.9 Å². The number of nitrogens with zero attached hydrogens (tertiary/aromatic N) is 2. The number of carbonyl (C=O) groups is 1. The molecule has 23 heavy (non-hydrogen) atoms. The molecule has 1 aromatic carbocycles. The van der Waals surface area contributed by atoms with Gasteiger partial charge in [0.2, 0.25) is 0 Å². The molecule has 0 unspecified atom stereocenters. The van der Waals surface area contributed by atoms with Crippen LogP contribution < -0.4 is 5.32 Å². The van der Waals surface area contributed by atoms with Crippen molar-refractivity contribution in [3.63, 3.8) is 0 Å². The van der Waals surface area contributed by atoms with Gasteiger partial charge in [0.15, 0.2) is 0 Å². The maximum atomic E-state index is 12.6. The van der Waals surface area contributed by atoms with E-state index in [0.29, 0.717) is 17.5 Å². The van der Waals surface area contributed by atoms with Crippen LogP contribution in [0, 0.1) is 11.8 Å². The first-order valence-electron chi connectivity index (χ1n) is 8.59. The number of rotatable bonds is 3. The molecule has 2 fully saturated rings. The first-order valence-corrected chi connectivity index (χ1v) is 8.59. The molecule has 0 spiro atoms. The van der Waals surface area contributed by atoms with Crippen molar-refractivity contribution >= 4 is 5.91 Å². The van der Waals surface area contributed by atoms with E-state index in [0.717, 1.165) is 5.92 Å². The van der Waals surface area contributed by atoms with Gasteiger partial charge in [0.05, 0.1) is 0 Å². The van der Waals surface area contributed by atoms with Gasteiger partial charge >= 0.3 is 0 Å². The van der Waals surface area contributed by atoms with Gasteiger partial charge in [0, 0.05) is 25.2 Å². The van der Waals surface area contributed by atoms with Gasteiger partial charge in [-0.25, -0.2) is 0 Å². The van der Waals surface area contributed by atoms with Crippen molar-refractivity contribution in [1.82, 2.24) is 15.1 Å². The minimum Gasteiger partial charge on any atom is -0.347 e. The monoisotopic (exact) mass is 309 g/mol. The maximum Gasteiger partial charge on any atom is 0.269 e. The Morgan fingerprint density at radius 1 is 1.13 bits per heavy atom. The second-order valence-corrected chi connectivity index (χ2v) is 6.89. The van der Waals surface area contributed by atoms with Crippen LogP contribution in [0.1, 0.15) is 47.7 Å². The zero-order valence-corrected chi connectivity index (χ0v) is 13.5. The highest BCUT2D eigenvalue weighted by Gasteiger charge is 2.51. The third-order valence-electron chi connectivity index (χ3n) is 5.72. The minimum atomic E-state index is -0.0000420. The van der Waals surface area contributed by atoms with Gasteiger partial charge in [0.1, 0.15) is 5.69 Å². The van der Waals surface area contributed by atoms with Crippen molar-refractivity contribution in [2.24, 2.45) is 18.9 Å². The largest absolute Gasteiger partial charge is 0.347 e. The van der Waals surface area contributed by atoms with Crippen molar-refractivity contribution in [2.45, 2.75) is 37.6 Å². The average Bonchev–Trinajstić information content (AvgIpc) is 3.00. The number of aryl methyl sites for hydroxylation is 1. The van der Waals surface area contributed by atoms with Crippen LogP contribution in [0.2, 0.25) is 0 Å². The van der Waals surface area contributed by atoms with Gasteiger partial charge < -0.3 is 5.32 Å². The van der Waals surface area contributed by atoms with E-state index in [1.807, 2.05) is 7.05 Å². The average molecular weight is 309 g/mol. The highest BCUT2D eigenvalue weighted by atomic mass is 16.2. The van der Waals surface area contributed by atoms with Crippen molar-refractivity contribution < 1.29 is 4.79 Å². The second kappa shape index (κ2) is 5.84. The highest BCUT2D eigenvalue weighted by molar-refractivity contribution is 5.92. The summed E-state index contributed by atoms with van der Waals surface area (Å²) in [6.45, 7) is 0. The molecule has 4 rings (SSSR count). The summed E-state index contributed by atoms with van der Waals surface area (Å²) in [6, 6.07) is 12.7. The molecule has 4 atom stereocenters. The quantitative estimate of drug-likeness (QED) is 0.947. The maximum absolute atomic E-state index is 12.6. The first kappa shape index (κ1) is 14.5. The molecule has 4 nitrogen and oxygen atoms in total. The second-order valence-electron chi connectivity index (χ2n) is 6.89. The lowest BCUT2D eigenvalue weighted by atomic mass is 9.53. The SMILES string of the molecule is Cn1nccc1C(=O)N[C@H]1[C@H]2CCCC[C@H]2[C@@H]1c1ccccc1. The fraction of sp³-hybridized carbons (Fsp3) is 0.474. The van der Waals surface area contributed by atoms with E-state index in [2.05, 4.69) is 40.7 Å². The molecule has 4 heteroatoms. The summed E-state index contributed by atoms with van der Waals surface area (Å²) in [4.78, 5) is 12.6. The van der Waals surface area contributed by atoms with Crippen LogP contribution in [-0.4, -0.2) is 21.7 Å². The summed E-state index contributed by atoms with van der Waals surface area (Å²) in [6.07, 6.45) is 6.83. The summed E-state index contributed by atoms with van der Waals surface area (Å²) >= 11 is 0. The molecule has 1 N–H and O–H groups in total. The lowest BCUT2D eigenvalue weighted by Crippen LogP contribution is -2.59. The van der Waals surface area contributed by atoms with Crippen LogP contribution in [0.25, 0.3) is 0 Å². The number of amides is 1. The molecule has 2 saturated carbocycles. The Morgan fingerprint density at radius 2 is 1.87 bits per heavy atom. The number of aromatic nitrogens is 2. The standard InChI is InChI=1S/C19H23N3O/c1-22-16(11-12-20-22)19(23)21-18-15-10-6-5-9-14(15)17(18)13-7-3-2-4-8-13/h2-4,7-8,11-12,14-15,17-18H,5-6,9-10H2,1H3,(H,21,23)/t14-,15+,17+,18+/m1/s1. The predicted octanol–water partition coefficient (Wildman–Crippen LogP) is 3.12. The zero-order valence-electron chi connectivity index (χ0n) is 13.5. The number of hydrogen-bond donors (Lipinski definition) is 1. The normalized spacial score (nSPS) is 29.4. The number of carbonyl (C=O) groups excluding carboxylic acids is 1. The number of benzene rings is 1. The van der Waals surface area contributed by atoms with Crippen molar-refractivity contribution in [2.75, 3.05) is 0 Å². The van der Waals surface area contributed by atoms with Gasteiger partial charge in [-0.3, -0.25) is 9.48 Å². The molecule has 2 aliphatic carbocycles. The molecule has 2 aliphatic rings. The van der Waals surface area contributed by atoms with Gasteiger partial charge in [-0.1, -0.05) is 43.2 Å². The zero-order chi connectivity index (χ0) is 15.8. The van der Waals surface area contributed by atoms with Gasteiger partial charge in [-0.05, 0) is 36.3 Å². The predicted molar refractivity (Wildman–Crippen MR) is 89.1 cm³/mol. The van der Waals surface area contributed by atoms with E-state index in [4.69, 9.17) is 0 Å². The summed E-state index contributed by atoms with van der Waals surface area (Å²) in [5.74, 6) is 1.81. The smallest absolute Gasteiger partial charge is 0.269 e. The van der Waals surface area contributed by atoms with Gasteiger partial charge in [0.25, 0.3) is 5.91 Å². The summed E-state index contributed by atoms with van der Waals surface area (Å²) in [5, 5.41) is 7.41. The third-order valence-corrected chi connectivity index (χ3v) is 5.72. The van der Waals surface area contributed by atoms with Gasteiger partial charge in [-0.15, -0.1) is 0 Å². The minimum absolute atomic E-state index is 0.0000420. The summed E-state index contributed by atoms with van der Waals surface area (Å²) in [5.41, 5.74) is 2.00. The molecule has 2 aromatic rings. The Hall–Kier alpha value is -2.10. The van der Waals surface area contributed by atoms with E-state index in [1.54, 1.807) is 16.9 Å². The number of nitrogens with one attached hydrogen (secondary N) is 1. The molecule has 1 heterocycles.